The molecule has 2 aromatic rings. The van der Waals surface area contributed by atoms with Gasteiger partial charge < -0.3 is 15.5 Å². The maximum Gasteiger partial charge on any atom is 0.264 e. The zero-order valence-corrected chi connectivity index (χ0v) is 11.9. The molecule has 1 aliphatic heterocycles. The third-order valence-corrected chi connectivity index (χ3v) is 4.60. The van der Waals surface area contributed by atoms with Crippen molar-refractivity contribution in [3.05, 3.63) is 29.1 Å². The zero-order chi connectivity index (χ0) is 14.3. The number of hydrogen-bond donors (Lipinski definition) is 1. The summed E-state index contributed by atoms with van der Waals surface area (Å²) in [5, 5.41) is 0.971. The fourth-order valence-electron chi connectivity index (χ4n) is 2.25. The lowest BCUT2D eigenvalue weighted by molar-refractivity contribution is -0.133. The van der Waals surface area contributed by atoms with E-state index in [0.717, 1.165) is 10.1 Å². The highest BCUT2D eigenvalue weighted by atomic mass is 32.1. The molecule has 0 unspecified atom stereocenters. The van der Waals surface area contributed by atoms with Crippen LogP contribution in [0.4, 0.5) is 5.69 Å². The lowest BCUT2D eigenvalue weighted by atomic mass is 10.2. The number of rotatable bonds is 1. The molecule has 1 fully saturated rings. The highest BCUT2D eigenvalue weighted by Gasteiger charge is 2.26. The van der Waals surface area contributed by atoms with Crippen LogP contribution in [0, 0.1) is 0 Å². The van der Waals surface area contributed by atoms with Gasteiger partial charge in [0.2, 0.25) is 5.91 Å². The molecule has 3 rings (SSSR count). The van der Waals surface area contributed by atoms with Gasteiger partial charge in [-0.1, -0.05) is 0 Å². The number of hydrogen-bond acceptors (Lipinski definition) is 4. The molecule has 0 radical (unpaired) electrons. The van der Waals surface area contributed by atoms with Gasteiger partial charge in [-0.25, -0.2) is 0 Å². The van der Waals surface area contributed by atoms with E-state index >= 15 is 0 Å². The fourth-order valence-corrected chi connectivity index (χ4v) is 3.27. The SMILES string of the molecule is CN1CCN(C(=O)c2cc3cc(N)ccc3s2)CC1=O. The van der Waals surface area contributed by atoms with E-state index in [2.05, 4.69) is 0 Å². The summed E-state index contributed by atoms with van der Waals surface area (Å²) >= 11 is 1.44. The van der Waals surface area contributed by atoms with Gasteiger partial charge in [-0.05, 0) is 29.7 Å². The molecule has 1 aromatic carbocycles. The van der Waals surface area contributed by atoms with Crippen LogP contribution in [-0.2, 0) is 4.79 Å². The van der Waals surface area contributed by atoms with Crippen LogP contribution in [0.1, 0.15) is 9.67 Å². The summed E-state index contributed by atoms with van der Waals surface area (Å²) in [7, 11) is 1.76. The van der Waals surface area contributed by atoms with E-state index in [-0.39, 0.29) is 18.4 Å². The summed E-state index contributed by atoms with van der Waals surface area (Å²) in [5.41, 5.74) is 6.43. The van der Waals surface area contributed by atoms with Crippen molar-refractivity contribution in [2.45, 2.75) is 0 Å². The predicted molar refractivity (Wildman–Crippen MR) is 79.8 cm³/mol. The number of nitrogen functional groups attached to an aromatic ring is 1. The van der Waals surface area contributed by atoms with Gasteiger partial charge in [0.15, 0.2) is 0 Å². The lowest BCUT2D eigenvalue weighted by Crippen LogP contribution is -2.50. The second-order valence-corrected chi connectivity index (χ2v) is 6.03. The van der Waals surface area contributed by atoms with Gasteiger partial charge in [0.1, 0.15) is 6.54 Å². The first-order chi connectivity index (χ1) is 9.54. The first-order valence-electron chi connectivity index (χ1n) is 6.37. The number of piperazine rings is 1. The van der Waals surface area contributed by atoms with Crippen molar-refractivity contribution in [1.29, 1.82) is 0 Å². The number of carbonyl (C=O) groups is 2. The Bertz CT molecular complexity index is 695. The molecule has 5 nitrogen and oxygen atoms in total. The molecule has 104 valence electrons. The Balaban J connectivity index is 1.87. The third-order valence-electron chi connectivity index (χ3n) is 3.50. The van der Waals surface area contributed by atoms with Crippen LogP contribution in [0.2, 0.25) is 0 Å². The number of thiophene rings is 1. The highest BCUT2D eigenvalue weighted by Crippen LogP contribution is 2.28. The molecule has 1 aliphatic rings. The second kappa shape index (κ2) is 4.79. The minimum atomic E-state index is -0.0776. The van der Waals surface area contributed by atoms with Crippen LogP contribution in [0.15, 0.2) is 24.3 Å². The standard InChI is InChI=1S/C14H15N3O2S/c1-16-4-5-17(8-13(16)18)14(19)12-7-9-6-10(15)2-3-11(9)20-12/h2-3,6-7H,4-5,8,15H2,1H3. The van der Waals surface area contributed by atoms with Gasteiger partial charge in [0.05, 0.1) is 4.88 Å². The quantitative estimate of drug-likeness (QED) is 0.807. The van der Waals surface area contributed by atoms with Crippen molar-refractivity contribution in [2.75, 3.05) is 32.4 Å². The highest BCUT2D eigenvalue weighted by molar-refractivity contribution is 7.20. The number of likely N-dealkylation sites (N-methyl/N-ethyl adjacent to an activating group) is 1. The molecular formula is C14H15N3O2S. The van der Waals surface area contributed by atoms with Crippen LogP contribution < -0.4 is 5.73 Å². The number of fused-ring (bicyclic) bond motifs is 1. The number of nitrogens with two attached hydrogens (primary N) is 1. The molecule has 0 atom stereocenters. The number of carbonyl (C=O) groups excluding carboxylic acids is 2. The molecule has 20 heavy (non-hydrogen) atoms. The minimum Gasteiger partial charge on any atom is -0.399 e. The normalized spacial score (nSPS) is 15.9. The molecule has 2 amide bonds. The van der Waals surface area contributed by atoms with E-state index in [1.165, 1.54) is 11.3 Å². The van der Waals surface area contributed by atoms with E-state index in [1.54, 1.807) is 16.8 Å². The smallest absolute Gasteiger partial charge is 0.264 e. The Kier molecular flexibility index (Phi) is 3.10. The van der Waals surface area contributed by atoms with E-state index in [1.807, 2.05) is 24.3 Å². The van der Waals surface area contributed by atoms with Crippen molar-refractivity contribution in [1.82, 2.24) is 9.80 Å². The number of anilines is 1. The van der Waals surface area contributed by atoms with Crippen LogP contribution in [0.3, 0.4) is 0 Å². The first kappa shape index (κ1) is 12.9. The number of benzene rings is 1. The molecule has 2 N–H and O–H groups in total. The summed E-state index contributed by atoms with van der Waals surface area (Å²) in [6.07, 6.45) is 0. The molecule has 1 aromatic heterocycles. The van der Waals surface area contributed by atoms with Crippen LogP contribution >= 0.6 is 11.3 Å². The zero-order valence-electron chi connectivity index (χ0n) is 11.1. The minimum absolute atomic E-state index is 0.0186. The van der Waals surface area contributed by atoms with Gasteiger partial charge in [0.25, 0.3) is 5.91 Å². The van der Waals surface area contributed by atoms with Crippen LogP contribution in [-0.4, -0.2) is 48.3 Å². The maximum atomic E-state index is 12.4. The Morgan fingerprint density at radius 1 is 1.30 bits per heavy atom. The van der Waals surface area contributed by atoms with E-state index in [4.69, 9.17) is 5.73 Å². The van der Waals surface area contributed by atoms with Crippen molar-refractivity contribution >= 4 is 38.9 Å². The average molecular weight is 289 g/mol. The second-order valence-electron chi connectivity index (χ2n) is 4.95. The summed E-state index contributed by atoms with van der Waals surface area (Å²) in [6.45, 7) is 1.32. The predicted octanol–water partition coefficient (Wildman–Crippen LogP) is 1.40. The van der Waals surface area contributed by atoms with Gasteiger partial charge in [0, 0.05) is 30.5 Å². The topological polar surface area (TPSA) is 66.6 Å². The van der Waals surface area contributed by atoms with Crippen molar-refractivity contribution in [3.63, 3.8) is 0 Å². The average Bonchev–Trinajstić information content (AvgIpc) is 2.84. The summed E-state index contributed by atoms with van der Waals surface area (Å²) in [5.74, 6) is -0.0961. The maximum absolute atomic E-state index is 12.4. The molecule has 1 saturated heterocycles. The van der Waals surface area contributed by atoms with Gasteiger partial charge in [-0.15, -0.1) is 11.3 Å². The van der Waals surface area contributed by atoms with E-state index < -0.39 is 0 Å². The number of nitrogens with zero attached hydrogens (tertiary/aromatic N) is 2. The monoisotopic (exact) mass is 289 g/mol. The molecular weight excluding hydrogens is 274 g/mol. The molecule has 0 aliphatic carbocycles. The Labute approximate surface area is 120 Å². The van der Waals surface area contributed by atoms with E-state index in [0.29, 0.717) is 23.7 Å². The van der Waals surface area contributed by atoms with Crippen molar-refractivity contribution in [3.8, 4) is 0 Å². The fraction of sp³-hybridized carbons (Fsp3) is 0.286. The lowest BCUT2D eigenvalue weighted by Gasteiger charge is -2.31. The first-order valence-corrected chi connectivity index (χ1v) is 7.18. The molecule has 0 spiro atoms. The Hall–Kier alpha value is -2.08. The molecule has 0 bridgehead atoms. The molecule has 2 heterocycles. The van der Waals surface area contributed by atoms with Crippen LogP contribution in [0.25, 0.3) is 10.1 Å². The van der Waals surface area contributed by atoms with E-state index in [9.17, 15) is 9.59 Å². The summed E-state index contributed by atoms with van der Waals surface area (Å²) < 4.78 is 1.03. The summed E-state index contributed by atoms with van der Waals surface area (Å²) in [6, 6.07) is 7.45. The Morgan fingerprint density at radius 2 is 2.10 bits per heavy atom. The van der Waals surface area contributed by atoms with Gasteiger partial charge in [-0.2, -0.15) is 0 Å². The summed E-state index contributed by atoms with van der Waals surface area (Å²) in [4.78, 5) is 28.0. The van der Waals surface area contributed by atoms with Crippen molar-refractivity contribution in [2.24, 2.45) is 0 Å². The molecule has 0 saturated carbocycles. The third kappa shape index (κ3) is 2.22. The Morgan fingerprint density at radius 3 is 2.85 bits per heavy atom. The van der Waals surface area contributed by atoms with Gasteiger partial charge >= 0.3 is 0 Å². The van der Waals surface area contributed by atoms with Crippen LogP contribution in [0.5, 0.6) is 0 Å². The number of amides is 2. The molecule has 6 heteroatoms. The largest absolute Gasteiger partial charge is 0.399 e. The van der Waals surface area contributed by atoms with Crippen molar-refractivity contribution < 1.29 is 9.59 Å². The van der Waals surface area contributed by atoms with Gasteiger partial charge in [-0.3, -0.25) is 9.59 Å².